The van der Waals surface area contributed by atoms with Gasteiger partial charge in [0.05, 0.1) is 5.56 Å². The summed E-state index contributed by atoms with van der Waals surface area (Å²) in [6.45, 7) is 7.42. The number of phenols is 2. The lowest BCUT2D eigenvalue weighted by Crippen LogP contribution is -2.30. The number of carbonyl (C=O) groups is 2. The van der Waals surface area contributed by atoms with Gasteiger partial charge in [0, 0.05) is 27.3 Å². The summed E-state index contributed by atoms with van der Waals surface area (Å²) >= 11 is 0. The Labute approximate surface area is 143 Å². The summed E-state index contributed by atoms with van der Waals surface area (Å²) in [7, 11) is 0. The first-order chi connectivity index (χ1) is 11.6. The summed E-state index contributed by atoms with van der Waals surface area (Å²) in [4.78, 5) is 24.5. The van der Waals surface area contributed by atoms with E-state index in [0.717, 1.165) is 0 Å². The SMILES string of the molecule is Cc1cc(O)c2c3c(c(O)c4c(c13)O[C@H](C)C4(C)C)C(O)C(=O)C2=O. The number of ether oxygens (including phenoxy) is 1. The first-order valence-corrected chi connectivity index (χ1v) is 8.07. The number of rotatable bonds is 0. The molecule has 0 amide bonds. The van der Waals surface area contributed by atoms with Crippen LogP contribution in [0.2, 0.25) is 0 Å². The predicted molar refractivity (Wildman–Crippen MR) is 89.4 cm³/mol. The van der Waals surface area contributed by atoms with Crippen LogP contribution in [0.4, 0.5) is 0 Å². The molecule has 2 aromatic rings. The number of fused-ring (bicyclic) bond motifs is 2. The molecule has 2 aromatic carbocycles. The van der Waals surface area contributed by atoms with Crippen LogP contribution in [0, 0.1) is 6.92 Å². The van der Waals surface area contributed by atoms with Crippen LogP contribution in [-0.4, -0.2) is 33.0 Å². The summed E-state index contributed by atoms with van der Waals surface area (Å²) in [6.07, 6.45) is -2.02. The van der Waals surface area contributed by atoms with Crippen molar-refractivity contribution >= 4 is 22.3 Å². The van der Waals surface area contributed by atoms with Crippen molar-refractivity contribution in [2.75, 3.05) is 0 Å². The number of ketones is 2. The monoisotopic (exact) mass is 342 g/mol. The fraction of sp³-hybridized carbons (Fsp3) is 0.368. The normalized spacial score (nSPS) is 23.7. The van der Waals surface area contributed by atoms with Gasteiger partial charge in [-0.3, -0.25) is 9.59 Å². The Morgan fingerprint density at radius 3 is 2.44 bits per heavy atom. The topological polar surface area (TPSA) is 104 Å². The van der Waals surface area contributed by atoms with Gasteiger partial charge in [-0.2, -0.15) is 0 Å². The van der Waals surface area contributed by atoms with Crippen molar-refractivity contribution in [1.82, 2.24) is 0 Å². The highest BCUT2D eigenvalue weighted by Gasteiger charge is 2.47. The van der Waals surface area contributed by atoms with E-state index < -0.39 is 23.1 Å². The molecule has 0 fully saturated rings. The smallest absolute Gasteiger partial charge is 0.236 e. The minimum Gasteiger partial charge on any atom is -0.507 e. The molecule has 1 aliphatic carbocycles. The van der Waals surface area contributed by atoms with E-state index in [1.54, 1.807) is 6.92 Å². The Kier molecular flexibility index (Phi) is 2.87. The molecular weight excluding hydrogens is 324 g/mol. The van der Waals surface area contributed by atoms with Crippen LogP contribution in [0.3, 0.4) is 0 Å². The number of Topliss-reactive ketones (excluding diaryl/α,β-unsaturated/α-hetero) is 2. The van der Waals surface area contributed by atoms with Gasteiger partial charge in [0.2, 0.25) is 11.6 Å². The second-order valence-corrected chi connectivity index (χ2v) is 7.38. The summed E-state index contributed by atoms with van der Waals surface area (Å²) in [5, 5.41) is 32.2. The molecule has 0 bridgehead atoms. The third-order valence-electron chi connectivity index (χ3n) is 5.65. The zero-order valence-electron chi connectivity index (χ0n) is 14.3. The van der Waals surface area contributed by atoms with Gasteiger partial charge in [0.15, 0.2) is 0 Å². The zero-order valence-corrected chi connectivity index (χ0v) is 14.3. The Balaban J connectivity index is 2.32. The number of hydrogen-bond donors (Lipinski definition) is 3. The molecule has 130 valence electrons. The first-order valence-electron chi connectivity index (χ1n) is 8.07. The highest BCUT2D eigenvalue weighted by molar-refractivity contribution is 6.50. The lowest BCUT2D eigenvalue weighted by Gasteiger charge is -2.27. The molecule has 1 unspecified atom stereocenters. The molecule has 2 aliphatic rings. The number of carbonyl (C=O) groups excluding carboxylic acids is 2. The molecule has 4 rings (SSSR count). The van der Waals surface area contributed by atoms with Crippen LogP contribution in [0.15, 0.2) is 6.07 Å². The van der Waals surface area contributed by atoms with Crippen LogP contribution in [0.5, 0.6) is 17.2 Å². The second-order valence-electron chi connectivity index (χ2n) is 7.38. The molecule has 0 spiro atoms. The van der Waals surface area contributed by atoms with E-state index in [9.17, 15) is 24.9 Å². The number of hydrogen-bond acceptors (Lipinski definition) is 6. The van der Waals surface area contributed by atoms with Crippen molar-refractivity contribution in [3.63, 3.8) is 0 Å². The van der Waals surface area contributed by atoms with E-state index in [1.807, 2.05) is 20.8 Å². The molecule has 1 aliphatic heterocycles. The molecular formula is C19H18O6. The molecule has 2 atom stereocenters. The van der Waals surface area contributed by atoms with Gasteiger partial charge in [0.1, 0.15) is 29.5 Å². The van der Waals surface area contributed by atoms with Crippen LogP contribution in [0.25, 0.3) is 10.8 Å². The predicted octanol–water partition coefficient (Wildman–Crippen LogP) is 2.42. The average Bonchev–Trinajstić information content (AvgIpc) is 2.74. The lowest BCUT2D eigenvalue weighted by molar-refractivity contribution is -0.123. The molecule has 0 saturated carbocycles. The van der Waals surface area contributed by atoms with Gasteiger partial charge in [-0.15, -0.1) is 0 Å². The summed E-state index contributed by atoms with van der Waals surface area (Å²) in [5.74, 6) is -2.19. The van der Waals surface area contributed by atoms with E-state index in [1.165, 1.54) is 6.07 Å². The summed E-state index contributed by atoms with van der Waals surface area (Å²) < 4.78 is 5.99. The van der Waals surface area contributed by atoms with Crippen molar-refractivity contribution in [2.45, 2.75) is 45.3 Å². The van der Waals surface area contributed by atoms with Crippen LogP contribution in [-0.2, 0) is 10.2 Å². The number of aryl methyl sites for hydroxylation is 1. The average molecular weight is 342 g/mol. The largest absolute Gasteiger partial charge is 0.507 e. The highest BCUT2D eigenvalue weighted by Crippen LogP contribution is 2.57. The van der Waals surface area contributed by atoms with Crippen LogP contribution < -0.4 is 4.74 Å². The van der Waals surface area contributed by atoms with Crippen molar-refractivity contribution in [3.8, 4) is 17.2 Å². The van der Waals surface area contributed by atoms with Crippen LogP contribution in [0.1, 0.15) is 53.9 Å². The second kappa shape index (κ2) is 4.52. The van der Waals surface area contributed by atoms with Crippen LogP contribution >= 0.6 is 0 Å². The van der Waals surface area contributed by atoms with Gasteiger partial charge in [-0.25, -0.2) is 0 Å². The minimum atomic E-state index is -1.76. The van der Waals surface area contributed by atoms with Crippen molar-refractivity contribution in [3.05, 3.63) is 28.3 Å². The summed E-state index contributed by atoms with van der Waals surface area (Å²) in [5.41, 5.74) is 0.359. The lowest BCUT2D eigenvalue weighted by atomic mass is 9.75. The third-order valence-corrected chi connectivity index (χ3v) is 5.65. The van der Waals surface area contributed by atoms with E-state index in [0.29, 0.717) is 22.3 Å². The van der Waals surface area contributed by atoms with Gasteiger partial charge in [-0.05, 0) is 25.5 Å². The first kappa shape index (κ1) is 15.9. The van der Waals surface area contributed by atoms with Gasteiger partial charge in [-0.1, -0.05) is 13.8 Å². The van der Waals surface area contributed by atoms with E-state index >= 15 is 0 Å². The van der Waals surface area contributed by atoms with E-state index in [4.69, 9.17) is 4.74 Å². The number of phenolic OH excluding ortho intramolecular Hbond substituents is 2. The molecule has 25 heavy (non-hydrogen) atoms. The maximum absolute atomic E-state index is 12.4. The number of aliphatic hydroxyl groups excluding tert-OH is 1. The number of aliphatic hydroxyl groups is 1. The molecule has 0 radical (unpaired) electrons. The third kappa shape index (κ3) is 1.67. The molecule has 0 aromatic heterocycles. The molecule has 1 heterocycles. The highest BCUT2D eigenvalue weighted by atomic mass is 16.5. The van der Waals surface area contributed by atoms with Crippen molar-refractivity contribution in [1.29, 1.82) is 0 Å². The van der Waals surface area contributed by atoms with Gasteiger partial charge >= 0.3 is 0 Å². The summed E-state index contributed by atoms with van der Waals surface area (Å²) in [6, 6.07) is 1.40. The fourth-order valence-electron chi connectivity index (χ4n) is 3.96. The quantitative estimate of drug-likeness (QED) is 0.635. The van der Waals surface area contributed by atoms with Crippen molar-refractivity contribution < 1.29 is 29.6 Å². The Morgan fingerprint density at radius 2 is 1.80 bits per heavy atom. The minimum absolute atomic E-state index is 0.0295. The van der Waals surface area contributed by atoms with E-state index in [2.05, 4.69) is 0 Å². The number of benzene rings is 2. The molecule has 6 heteroatoms. The molecule has 3 N–H and O–H groups in total. The molecule has 6 nitrogen and oxygen atoms in total. The van der Waals surface area contributed by atoms with Gasteiger partial charge in [0.25, 0.3) is 0 Å². The van der Waals surface area contributed by atoms with E-state index in [-0.39, 0.29) is 34.1 Å². The Hall–Kier alpha value is -2.60. The molecule has 0 saturated heterocycles. The number of aromatic hydroxyl groups is 2. The maximum Gasteiger partial charge on any atom is 0.236 e. The Bertz CT molecular complexity index is 1000. The standard InChI is InChI=1S/C19H18O6/c1-6-5-8(20)10-11-9(6)18-13(19(3,4)7(2)25-18)14(21)12(11)16(23)17(24)15(10)22/h5,7,16,20-21,23H,1-4H3/t7-,16?/m1/s1. The maximum atomic E-state index is 12.4. The Morgan fingerprint density at radius 1 is 1.16 bits per heavy atom. The van der Waals surface area contributed by atoms with Gasteiger partial charge < -0.3 is 20.1 Å². The zero-order chi connectivity index (χ0) is 18.4. The van der Waals surface area contributed by atoms with Crippen molar-refractivity contribution in [2.24, 2.45) is 0 Å². The fourth-order valence-corrected chi connectivity index (χ4v) is 3.96.